The molecule has 6 aromatic rings. The molecule has 0 amide bonds. The second kappa shape index (κ2) is 17.5. The highest BCUT2D eigenvalue weighted by molar-refractivity contribution is 7.98. The number of aryl methyl sites for hydroxylation is 2. The maximum absolute atomic E-state index is 13.7. The summed E-state index contributed by atoms with van der Waals surface area (Å²) in [6.07, 6.45) is 3.30. The number of benzene rings is 4. The molecule has 16 heteroatoms. The largest absolute Gasteiger partial charge is 0.417 e. The number of aromatic nitrogens is 4. The van der Waals surface area contributed by atoms with E-state index in [0.717, 1.165) is 82.7 Å². The lowest BCUT2D eigenvalue weighted by Gasteiger charge is -2.50. The third-order valence-corrected chi connectivity index (χ3v) is 18.4. The van der Waals surface area contributed by atoms with Crippen molar-refractivity contribution in [3.8, 4) is 11.4 Å². The zero-order valence-corrected chi connectivity index (χ0v) is 40.4. The quantitative estimate of drug-likeness (QED) is 0.126. The van der Waals surface area contributed by atoms with Crippen molar-refractivity contribution < 1.29 is 45.0 Å². The summed E-state index contributed by atoms with van der Waals surface area (Å²) >= 11 is 1.70. The van der Waals surface area contributed by atoms with Crippen molar-refractivity contribution in [3.63, 3.8) is 0 Å². The minimum atomic E-state index is -4.63. The van der Waals surface area contributed by atoms with Gasteiger partial charge < -0.3 is 10.2 Å². The summed E-state index contributed by atoms with van der Waals surface area (Å²) < 4.78 is 109. The Labute approximate surface area is 397 Å². The summed E-state index contributed by atoms with van der Waals surface area (Å²) in [5, 5.41) is 32.1. The van der Waals surface area contributed by atoms with Crippen LogP contribution in [0.3, 0.4) is 0 Å². The van der Waals surface area contributed by atoms with Crippen molar-refractivity contribution in [1.29, 1.82) is 0 Å². The Balaban J connectivity index is 0.000000170. The first-order valence-electron chi connectivity index (χ1n) is 23.6. The van der Waals surface area contributed by atoms with E-state index >= 15 is 0 Å². The molecule has 2 fully saturated rings. The van der Waals surface area contributed by atoms with Crippen molar-refractivity contribution in [2.24, 2.45) is 11.8 Å². The number of thioether (sulfide) groups is 1. The number of hydrogen-bond acceptors (Lipinski definition) is 7. The monoisotopic (exact) mass is 980 g/mol. The van der Waals surface area contributed by atoms with Gasteiger partial charge in [0.25, 0.3) is 0 Å². The molecule has 0 aliphatic heterocycles. The Morgan fingerprint density at radius 1 is 0.662 bits per heavy atom. The van der Waals surface area contributed by atoms with Crippen LogP contribution < -0.4 is 0 Å². The molecule has 0 saturated heterocycles. The summed E-state index contributed by atoms with van der Waals surface area (Å²) in [5.41, 5.74) is 2.29. The fourth-order valence-corrected chi connectivity index (χ4v) is 13.6. The Morgan fingerprint density at radius 2 is 1.07 bits per heavy atom. The Kier molecular flexibility index (Phi) is 12.5. The Hall–Kier alpha value is -4.38. The van der Waals surface area contributed by atoms with Crippen LogP contribution in [0, 0.1) is 11.8 Å². The van der Waals surface area contributed by atoms with E-state index in [9.17, 15) is 45.0 Å². The fraction of sp³-hybridized carbons (Fsp3) is 0.500. The first-order valence-corrected chi connectivity index (χ1v) is 26.8. The number of alkyl halides is 6. The SMILES string of the molecule is CC[C@@]12CC[C@](O)(C(F)(F)F)C[C@H]1CCCc1cc3c(cnn3-c3ccc(S(C)(=O)=O)cc3)cc12.CC[C@@]12CC[C@](O)(C(F)(F)F)C[C@H]1CCCc1cc3c(cnn3-c3ccc(SC)cc3)cc12. The summed E-state index contributed by atoms with van der Waals surface area (Å²) in [7, 11) is -3.30. The molecule has 4 aliphatic rings. The fourth-order valence-electron chi connectivity index (χ4n) is 12.6. The molecule has 6 atom stereocenters. The molecule has 0 spiro atoms. The van der Waals surface area contributed by atoms with E-state index < -0.39 is 38.8 Å². The molecule has 4 aromatic carbocycles. The van der Waals surface area contributed by atoms with Crippen LogP contribution in [0.25, 0.3) is 33.2 Å². The van der Waals surface area contributed by atoms with E-state index in [2.05, 4.69) is 65.7 Å². The van der Waals surface area contributed by atoms with Crippen LogP contribution in [0.5, 0.6) is 0 Å². The number of nitrogens with zero attached hydrogens (tertiary/aromatic N) is 4. The maximum atomic E-state index is 13.7. The summed E-state index contributed by atoms with van der Waals surface area (Å²) in [6, 6.07) is 23.4. The van der Waals surface area contributed by atoms with Crippen LogP contribution in [0.1, 0.15) is 113 Å². The van der Waals surface area contributed by atoms with Crippen LogP contribution in [-0.4, -0.2) is 74.3 Å². The van der Waals surface area contributed by atoms with Crippen LogP contribution >= 0.6 is 11.8 Å². The minimum Gasteiger partial charge on any atom is -0.380 e. The number of rotatable bonds is 6. The van der Waals surface area contributed by atoms with Gasteiger partial charge in [0.2, 0.25) is 0 Å². The van der Waals surface area contributed by atoms with Crippen molar-refractivity contribution in [2.75, 3.05) is 12.5 Å². The molecule has 4 aliphatic carbocycles. The standard InChI is InChI=1S/C26H29F3N2O3S.C26H29F3N2OS/c1-3-24-11-12-25(32,26(27,28)29)15-19(24)6-4-5-17-14-23-18(13-22(17)24)16-30-31(23)20-7-9-21(10-8-20)35(2,33)34;1-3-24-11-12-25(32,26(27,28)29)15-19(24)6-4-5-17-14-23-18(13-22(17)24)16-30-31(23)20-7-9-21(33-2)10-8-20/h7-10,13-14,16,19,32H,3-6,11-12,15H2,1-2H3;7-10,13-14,16,19,32H,3-6,11-12,15H2,1-2H3/t2*19-,24-,25-/m11/s1. The zero-order chi connectivity index (χ0) is 48.7. The molecule has 2 heterocycles. The molecular weight excluding hydrogens is 923 g/mol. The van der Waals surface area contributed by atoms with Gasteiger partial charge in [0.1, 0.15) is 0 Å². The van der Waals surface area contributed by atoms with E-state index in [1.165, 1.54) is 16.0 Å². The number of aliphatic hydroxyl groups is 2. The van der Waals surface area contributed by atoms with Crippen LogP contribution in [0.4, 0.5) is 26.3 Å². The normalized spacial score (nSPS) is 27.5. The van der Waals surface area contributed by atoms with Crippen LogP contribution in [-0.2, 0) is 33.5 Å². The van der Waals surface area contributed by atoms with Crippen LogP contribution in [0.2, 0.25) is 0 Å². The Bertz CT molecular complexity index is 2950. The minimum absolute atomic E-state index is 0.185. The summed E-state index contributed by atoms with van der Waals surface area (Å²) in [4.78, 5) is 1.43. The van der Waals surface area contributed by atoms with E-state index in [4.69, 9.17) is 0 Å². The lowest BCUT2D eigenvalue weighted by molar-refractivity contribution is -0.279. The van der Waals surface area contributed by atoms with Gasteiger partial charge in [-0.25, -0.2) is 17.8 Å². The third-order valence-electron chi connectivity index (χ3n) is 16.5. The van der Waals surface area contributed by atoms with Gasteiger partial charge in [0.05, 0.1) is 39.7 Å². The first kappa shape index (κ1) is 48.6. The van der Waals surface area contributed by atoms with Gasteiger partial charge in [-0.15, -0.1) is 11.8 Å². The van der Waals surface area contributed by atoms with Crippen molar-refractivity contribution >= 4 is 43.4 Å². The highest BCUT2D eigenvalue weighted by Gasteiger charge is 2.62. The molecule has 0 bridgehead atoms. The molecule has 0 unspecified atom stereocenters. The first-order chi connectivity index (χ1) is 32.1. The van der Waals surface area contributed by atoms with Gasteiger partial charge in [-0.3, -0.25) is 0 Å². The molecule has 2 aromatic heterocycles. The molecule has 364 valence electrons. The van der Waals surface area contributed by atoms with Gasteiger partial charge in [0.15, 0.2) is 21.0 Å². The lowest BCUT2D eigenvalue weighted by Crippen LogP contribution is -2.54. The molecule has 2 N–H and O–H groups in total. The molecule has 8 nitrogen and oxygen atoms in total. The van der Waals surface area contributed by atoms with E-state index in [-0.39, 0.29) is 47.8 Å². The molecule has 68 heavy (non-hydrogen) atoms. The molecular formula is C52H58F6N4O4S2. The van der Waals surface area contributed by atoms with Crippen molar-refractivity contribution in [1.82, 2.24) is 19.6 Å². The zero-order valence-electron chi connectivity index (χ0n) is 38.7. The number of fused-ring (bicyclic) bond motifs is 8. The Morgan fingerprint density at radius 3 is 1.44 bits per heavy atom. The van der Waals surface area contributed by atoms with Gasteiger partial charge in [0, 0.05) is 21.9 Å². The second-order valence-corrected chi connectivity index (χ2v) is 22.8. The van der Waals surface area contributed by atoms with E-state index in [0.29, 0.717) is 32.1 Å². The van der Waals surface area contributed by atoms with Crippen molar-refractivity contribution in [3.05, 3.63) is 107 Å². The molecule has 0 radical (unpaired) electrons. The molecule has 10 rings (SSSR count). The average Bonchev–Trinajstić information content (AvgIpc) is 3.83. The predicted octanol–water partition coefficient (Wildman–Crippen LogP) is 12.3. The summed E-state index contributed by atoms with van der Waals surface area (Å²) in [5.74, 6) is -0.430. The van der Waals surface area contributed by atoms with Crippen LogP contribution in [0.15, 0.2) is 95.0 Å². The highest BCUT2D eigenvalue weighted by Crippen LogP contribution is 2.59. The lowest BCUT2D eigenvalue weighted by atomic mass is 9.56. The highest BCUT2D eigenvalue weighted by atomic mass is 32.2. The average molecular weight is 981 g/mol. The topological polar surface area (TPSA) is 110 Å². The van der Waals surface area contributed by atoms with Gasteiger partial charge in [-0.1, -0.05) is 13.8 Å². The van der Waals surface area contributed by atoms with Gasteiger partial charge in [-0.05, 0) is 214 Å². The summed E-state index contributed by atoms with van der Waals surface area (Å²) in [6.45, 7) is 4.12. The van der Waals surface area contributed by atoms with Gasteiger partial charge >= 0.3 is 12.4 Å². The smallest absolute Gasteiger partial charge is 0.380 e. The number of sulfone groups is 1. The molecule has 2 saturated carbocycles. The maximum Gasteiger partial charge on any atom is 0.417 e. The number of halogens is 6. The predicted molar refractivity (Wildman–Crippen MR) is 254 cm³/mol. The van der Waals surface area contributed by atoms with Crippen molar-refractivity contribution in [2.45, 2.75) is 148 Å². The van der Waals surface area contributed by atoms with Gasteiger partial charge in [-0.2, -0.15) is 36.5 Å². The number of hydrogen-bond donors (Lipinski definition) is 2. The van der Waals surface area contributed by atoms with E-state index in [1.807, 2.05) is 24.1 Å². The second-order valence-electron chi connectivity index (χ2n) is 19.9. The van der Waals surface area contributed by atoms with E-state index in [1.54, 1.807) is 46.9 Å². The third kappa shape index (κ3) is 8.26.